The summed E-state index contributed by atoms with van der Waals surface area (Å²) in [5, 5.41) is 11.6. The summed E-state index contributed by atoms with van der Waals surface area (Å²) in [5.74, 6) is -1.73. The predicted octanol–water partition coefficient (Wildman–Crippen LogP) is 11.8. The molecule has 8 heteroatoms. The molecule has 0 aliphatic heterocycles. The van der Waals surface area contributed by atoms with Crippen molar-refractivity contribution in [3.05, 3.63) is 12.2 Å². The molecule has 0 bridgehead atoms. The van der Waals surface area contributed by atoms with Crippen LogP contribution in [0.3, 0.4) is 0 Å². The lowest BCUT2D eigenvalue weighted by molar-refractivity contribution is -0.889. The fraction of sp³-hybridized carbons (Fsp3) is 0.896. The third-order valence-electron chi connectivity index (χ3n) is 10.9. The second kappa shape index (κ2) is 39.9. The lowest BCUT2D eigenvalue weighted by Crippen LogP contribution is -2.55. The van der Waals surface area contributed by atoms with Gasteiger partial charge in [0.15, 0.2) is 6.10 Å². The number of ether oxygens (including phenoxy) is 3. The first-order valence-corrected chi connectivity index (χ1v) is 23.7. The Labute approximate surface area is 346 Å². The second-order valence-corrected chi connectivity index (χ2v) is 17.4. The molecule has 0 amide bonds. The second-order valence-electron chi connectivity index (χ2n) is 17.4. The number of esters is 2. The molecule has 2 atom stereocenters. The Balaban J connectivity index is 4.16. The SMILES string of the molecule is CCCCCCCCCCCCC/C=C/CCCCCCCCCC(=O)OCC(COCCC(C(=O)[O-])[N+](C)(C)C)OC(=O)CCCCCCCCCCCC. The fourth-order valence-corrected chi connectivity index (χ4v) is 7.18. The topological polar surface area (TPSA) is 102 Å². The Morgan fingerprint density at radius 2 is 0.893 bits per heavy atom. The van der Waals surface area contributed by atoms with E-state index in [2.05, 4.69) is 26.0 Å². The molecule has 0 fully saturated rings. The molecular formula is C48H91NO7. The van der Waals surface area contributed by atoms with Crippen LogP contribution in [0.2, 0.25) is 0 Å². The lowest BCUT2D eigenvalue weighted by Gasteiger charge is -2.34. The molecule has 0 aromatic heterocycles. The van der Waals surface area contributed by atoms with Crippen molar-refractivity contribution in [2.75, 3.05) is 41.0 Å². The number of carbonyl (C=O) groups is 3. The summed E-state index contributed by atoms with van der Waals surface area (Å²) in [5.41, 5.74) is 0. The van der Waals surface area contributed by atoms with Gasteiger partial charge in [-0.2, -0.15) is 0 Å². The maximum Gasteiger partial charge on any atom is 0.306 e. The Morgan fingerprint density at radius 1 is 0.518 bits per heavy atom. The third-order valence-corrected chi connectivity index (χ3v) is 10.9. The van der Waals surface area contributed by atoms with E-state index in [9.17, 15) is 19.5 Å². The highest BCUT2D eigenvalue weighted by Gasteiger charge is 2.25. The standard InChI is InChI=1S/C48H91NO7/c1-6-8-10-12-14-16-18-19-20-21-22-23-24-25-26-27-28-29-31-32-34-36-38-46(50)55-43-44(42-54-41-40-45(48(52)53)49(3,4)5)56-47(51)39-37-35-33-30-17-15-13-11-9-7-2/h24-25,44-45H,6-23,26-43H2,1-5H3/b25-24+. The highest BCUT2D eigenvalue weighted by Crippen LogP contribution is 2.15. The van der Waals surface area contributed by atoms with Crippen molar-refractivity contribution < 1.29 is 38.2 Å². The maximum absolute atomic E-state index is 12.7. The minimum atomic E-state index is -1.12. The third kappa shape index (κ3) is 37.6. The number of aliphatic carboxylic acids is 1. The van der Waals surface area contributed by atoms with Crippen molar-refractivity contribution in [1.29, 1.82) is 0 Å². The molecular weight excluding hydrogens is 703 g/mol. The number of allylic oxidation sites excluding steroid dienone is 2. The van der Waals surface area contributed by atoms with Gasteiger partial charge >= 0.3 is 11.9 Å². The van der Waals surface area contributed by atoms with Crippen LogP contribution >= 0.6 is 0 Å². The van der Waals surface area contributed by atoms with Crippen LogP contribution in [0.25, 0.3) is 0 Å². The first-order valence-electron chi connectivity index (χ1n) is 23.7. The molecule has 0 heterocycles. The number of unbranched alkanes of at least 4 members (excludes halogenated alkanes) is 27. The average molecular weight is 794 g/mol. The zero-order chi connectivity index (χ0) is 41.4. The van der Waals surface area contributed by atoms with Crippen molar-refractivity contribution in [3.63, 3.8) is 0 Å². The Kier molecular flexibility index (Phi) is 38.5. The van der Waals surface area contributed by atoms with E-state index in [0.29, 0.717) is 12.8 Å². The summed E-state index contributed by atoms with van der Waals surface area (Å²) in [6, 6.07) is -0.721. The van der Waals surface area contributed by atoms with Gasteiger partial charge in [0.25, 0.3) is 0 Å². The monoisotopic (exact) mass is 794 g/mol. The minimum Gasteiger partial charge on any atom is -0.544 e. The molecule has 0 aromatic rings. The van der Waals surface area contributed by atoms with Crippen molar-refractivity contribution in [2.45, 2.75) is 238 Å². The zero-order valence-electron chi connectivity index (χ0n) is 37.6. The van der Waals surface area contributed by atoms with E-state index in [1.54, 1.807) is 21.1 Å². The first-order chi connectivity index (χ1) is 27.1. The Morgan fingerprint density at radius 3 is 1.29 bits per heavy atom. The van der Waals surface area contributed by atoms with Gasteiger partial charge in [-0.3, -0.25) is 9.59 Å². The first kappa shape index (κ1) is 54.1. The van der Waals surface area contributed by atoms with Crippen LogP contribution < -0.4 is 5.11 Å². The predicted molar refractivity (Wildman–Crippen MR) is 231 cm³/mol. The van der Waals surface area contributed by atoms with Crippen LogP contribution in [0, 0.1) is 0 Å². The van der Waals surface area contributed by atoms with Crippen molar-refractivity contribution in [1.82, 2.24) is 0 Å². The van der Waals surface area contributed by atoms with E-state index in [1.165, 1.54) is 154 Å². The average Bonchev–Trinajstić information content (AvgIpc) is 3.15. The number of carboxylic acids is 1. The van der Waals surface area contributed by atoms with E-state index in [0.717, 1.165) is 38.5 Å². The Bertz CT molecular complexity index is 931. The summed E-state index contributed by atoms with van der Waals surface area (Å²) in [6.07, 6.45) is 42.4. The largest absolute Gasteiger partial charge is 0.544 e. The summed E-state index contributed by atoms with van der Waals surface area (Å²) >= 11 is 0. The molecule has 0 saturated heterocycles. The Hall–Kier alpha value is -1.93. The van der Waals surface area contributed by atoms with E-state index in [1.807, 2.05) is 0 Å². The molecule has 0 aromatic carbocycles. The minimum absolute atomic E-state index is 0.0448. The number of carboxylic acid groups (broad SMARTS) is 1. The fourth-order valence-electron chi connectivity index (χ4n) is 7.18. The van der Waals surface area contributed by atoms with Crippen LogP contribution in [-0.4, -0.2) is 75.5 Å². The molecule has 0 aliphatic rings. The van der Waals surface area contributed by atoms with Crippen LogP contribution in [0.15, 0.2) is 12.2 Å². The normalized spacial score (nSPS) is 12.9. The number of nitrogens with zero attached hydrogens (tertiary/aromatic N) is 1. The number of likely N-dealkylation sites (N-methyl/N-ethyl adjacent to an activating group) is 1. The highest BCUT2D eigenvalue weighted by atomic mass is 16.6. The number of rotatable bonds is 43. The van der Waals surface area contributed by atoms with Crippen LogP contribution in [0.5, 0.6) is 0 Å². The molecule has 330 valence electrons. The molecule has 0 N–H and O–H groups in total. The summed E-state index contributed by atoms with van der Waals surface area (Å²) in [6.45, 7) is 4.67. The zero-order valence-corrected chi connectivity index (χ0v) is 37.6. The maximum atomic E-state index is 12.7. The molecule has 0 rings (SSSR count). The van der Waals surface area contributed by atoms with Crippen LogP contribution in [0.1, 0.15) is 226 Å². The van der Waals surface area contributed by atoms with Gasteiger partial charge in [0, 0.05) is 19.3 Å². The van der Waals surface area contributed by atoms with Crippen LogP contribution in [-0.2, 0) is 28.6 Å². The highest BCUT2D eigenvalue weighted by molar-refractivity contribution is 5.70. The van der Waals surface area contributed by atoms with Crippen molar-refractivity contribution in [2.24, 2.45) is 0 Å². The molecule has 0 radical (unpaired) electrons. The van der Waals surface area contributed by atoms with Gasteiger partial charge in [-0.1, -0.05) is 180 Å². The van der Waals surface area contributed by atoms with Gasteiger partial charge < -0.3 is 28.6 Å². The smallest absolute Gasteiger partial charge is 0.306 e. The van der Waals surface area contributed by atoms with Crippen LogP contribution in [0.4, 0.5) is 0 Å². The summed E-state index contributed by atoms with van der Waals surface area (Å²) in [4.78, 5) is 36.8. The van der Waals surface area contributed by atoms with Gasteiger partial charge in [0.05, 0.1) is 40.3 Å². The van der Waals surface area contributed by atoms with E-state index >= 15 is 0 Å². The summed E-state index contributed by atoms with van der Waals surface area (Å²) in [7, 11) is 5.41. The van der Waals surface area contributed by atoms with Gasteiger partial charge in [0.1, 0.15) is 12.6 Å². The summed E-state index contributed by atoms with van der Waals surface area (Å²) < 4.78 is 17.2. The molecule has 8 nitrogen and oxygen atoms in total. The van der Waals surface area contributed by atoms with Gasteiger partial charge in [-0.25, -0.2) is 0 Å². The number of hydrogen-bond acceptors (Lipinski definition) is 7. The van der Waals surface area contributed by atoms with Crippen molar-refractivity contribution >= 4 is 17.9 Å². The number of quaternary nitrogens is 1. The van der Waals surface area contributed by atoms with Crippen molar-refractivity contribution in [3.8, 4) is 0 Å². The van der Waals surface area contributed by atoms with E-state index in [-0.39, 0.29) is 42.7 Å². The molecule has 0 spiro atoms. The van der Waals surface area contributed by atoms with Gasteiger partial charge in [-0.15, -0.1) is 0 Å². The van der Waals surface area contributed by atoms with E-state index < -0.39 is 18.1 Å². The quantitative estimate of drug-likeness (QED) is 0.0262. The molecule has 0 aliphatic carbocycles. The number of hydrogen-bond donors (Lipinski definition) is 0. The molecule has 56 heavy (non-hydrogen) atoms. The van der Waals surface area contributed by atoms with Gasteiger partial charge in [0.2, 0.25) is 0 Å². The number of carbonyl (C=O) groups excluding carboxylic acids is 3. The molecule has 2 unspecified atom stereocenters. The molecule has 0 saturated carbocycles. The van der Waals surface area contributed by atoms with Gasteiger partial charge in [-0.05, 0) is 38.5 Å². The van der Waals surface area contributed by atoms with E-state index in [4.69, 9.17) is 14.2 Å². The lowest BCUT2D eigenvalue weighted by atomic mass is 10.0.